The number of hydrogen-bond acceptors (Lipinski definition) is 4. The molecule has 0 saturated carbocycles. The van der Waals surface area contributed by atoms with Crippen LogP contribution in [0.25, 0.3) is 11.0 Å². The Morgan fingerprint density at radius 1 is 1.15 bits per heavy atom. The highest BCUT2D eigenvalue weighted by atomic mass is 79.9. The molecule has 1 aromatic heterocycles. The molecule has 2 aromatic carbocycles. The number of benzene rings is 2. The number of furan rings is 1. The van der Waals surface area contributed by atoms with Gasteiger partial charge in [0.2, 0.25) is 5.91 Å². The van der Waals surface area contributed by atoms with E-state index in [0.29, 0.717) is 17.0 Å². The molecule has 0 fully saturated rings. The lowest BCUT2D eigenvalue weighted by molar-refractivity contribution is -0.116. The number of halogens is 1. The summed E-state index contributed by atoms with van der Waals surface area (Å²) >= 11 is 3.38. The van der Waals surface area contributed by atoms with E-state index >= 15 is 0 Å². The summed E-state index contributed by atoms with van der Waals surface area (Å²) in [5.74, 6) is 0.233. The summed E-state index contributed by atoms with van der Waals surface area (Å²) in [5, 5.41) is 3.56. The molecule has 3 rings (SSSR count). The number of fused-ring (bicyclic) bond motifs is 1. The molecule has 0 bridgehead atoms. The summed E-state index contributed by atoms with van der Waals surface area (Å²) in [6.07, 6.45) is 0. The van der Waals surface area contributed by atoms with Gasteiger partial charge in [-0.25, -0.2) is 0 Å². The van der Waals surface area contributed by atoms with Crippen molar-refractivity contribution in [2.75, 3.05) is 26.0 Å². The van der Waals surface area contributed by atoms with Crippen LogP contribution in [0, 0.1) is 0 Å². The van der Waals surface area contributed by atoms with Gasteiger partial charge in [0, 0.05) is 22.6 Å². The topological polar surface area (TPSA) is 71.8 Å². The molecule has 0 aliphatic rings. The number of rotatable bonds is 5. The zero-order chi connectivity index (χ0) is 18.7. The Hall–Kier alpha value is -2.80. The van der Waals surface area contributed by atoms with Gasteiger partial charge in [-0.05, 0) is 48.5 Å². The van der Waals surface area contributed by atoms with E-state index < -0.39 is 0 Å². The number of carbonyl (C=O) groups excluding carboxylic acids is 2. The van der Waals surface area contributed by atoms with Crippen LogP contribution < -0.4 is 10.1 Å². The van der Waals surface area contributed by atoms with Crippen LogP contribution in [0.15, 0.2) is 57.4 Å². The van der Waals surface area contributed by atoms with Gasteiger partial charge >= 0.3 is 0 Å². The average Bonchev–Trinajstić information content (AvgIpc) is 3.04. The number of likely N-dealkylation sites (N-methyl/N-ethyl adjacent to an activating group) is 1. The summed E-state index contributed by atoms with van der Waals surface area (Å²) < 4.78 is 11.5. The van der Waals surface area contributed by atoms with E-state index in [-0.39, 0.29) is 24.1 Å². The summed E-state index contributed by atoms with van der Waals surface area (Å²) in [4.78, 5) is 26.0. The van der Waals surface area contributed by atoms with Gasteiger partial charge in [-0.15, -0.1) is 0 Å². The SMILES string of the molecule is COc1ccc(NC(=O)CN(C)C(=O)c2cc3cc(Br)ccc3o2)cc1. The van der Waals surface area contributed by atoms with Crippen LogP contribution >= 0.6 is 15.9 Å². The van der Waals surface area contributed by atoms with E-state index in [1.807, 2.05) is 12.1 Å². The highest BCUT2D eigenvalue weighted by molar-refractivity contribution is 9.10. The molecule has 0 radical (unpaired) electrons. The van der Waals surface area contributed by atoms with E-state index in [2.05, 4.69) is 21.2 Å². The minimum absolute atomic E-state index is 0.0917. The lowest BCUT2D eigenvalue weighted by Crippen LogP contribution is -2.34. The number of nitrogens with one attached hydrogen (secondary N) is 1. The normalized spacial score (nSPS) is 10.6. The fraction of sp³-hybridized carbons (Fsp3) is 0.158. The van der Waals surface area contributed by atoms with E-state index in [9.17, 15) is 9.59 Å². The van der Waals surface area contributed by atoms with Gasteiger partial charge < -0.3 is 19.4 Å². The first kappa shape index (κ1) is 18.0. The molecule has 1 heterocycles. The molecule has 1 N–H and O–H groups in total. The molecule has 0 spiro atoms. The van der Waals surface area contributed by atoms with Gasteiger partial charge in [-0.1, -0.05) is 15.9 Å². The molecule has 0 unspecified atom stereocenters. The molecule has 0 aliphatic heterocycles. The molecular formula is C19H17BrN2O4. The van der Waals surface area contributed by atoms with Crippen molar-refractivity contribution in [1.29, 1.82) is 0 Å². The molecule has 2 amide bonds. The van der Waals surface area contributed by atoms with Gasteiger partial charge in [0.15, 0.2) is 5.76 Å². The average molecular weight is 417 g/mol. The quantitative estimate of drug-likeness (QED) is 0.683. The third-order valence-corrected chi connectivity index (χ3v) is 4.28. The maximum atomic E-state index is 12.5. The molecule has 0 aliphatic carbocycles. The number of ether oxygens (including phenoxy) is 1. The fourth-order valence-corrected chi connectivity index (χ4v) is 2.85. The molecule has 7 heteroatoms. The maximum Gasteiger partial charge on any atom is 0.289 e. The van der Waals surface area contributed by atoms with E-state index in [1.165, 1.54) is 4.90 Å². The summed E-state index contributed by atoms with van der Waals surface area (Å²) in [6, 6.07) is 14.1. The fourth-order valence-electron chi connectivity index (χ4n) is 2.47. The number of hydrogen-bond donors (Lipinski definition) is 1. The second-order valence-electron chi connectivity index (χ2n) is 5.73. The zero-order valence-electron chi connectivity index (χ0n) is 14.3. The number of methoxy groups -OCH3 is 1. The summed E-state index contributed by atoms with van der Waals surface area (Å²) in [6.45, 7) is -0.0917. The third kappa shape index (κ3) is 4.05. The van der Waals surface area contributed by atoms with Crippen molar-refractivity contribution in [3.05, 3.63) is 58.8 Å². The standard InChI is InChI=1S/C19H17BrN2O4/c1-22(11-18(23)21-14-4-6-15(25-2)7-5-14)19(24)17-10-12-9-13(20)3-8-16(12)26-17/h3-10H,11H2,1-2H3,(H,21,23). The van der Waals surface area contributed by atoms with Gasteiger partial charge in [-0.2, -0.15) is 0 Å². The molecule has 6 nitrogen and oxygen atoms in total. The Morgan fingerprint density at radius 3 is 2.58 bits per heavy atom. The predicted molar refractivity (Wildman–Crippen MR) is 102 cm³/mol. The van der Waals surface area contributed by atoms with Gasteiger partial charge in [-0.3, -0.25) is 9.59 Å². The first-order valence-corrected chi connectivity index (χ1v) is 8.64. The Kier molecular flexibility index (Phi) is 5.27. The molecule has 26 heavy (non-hydrogen) atoms. The lowest BCUT2D eigenvalue weighted by Gasteiger charge is -2.15. The predicted octanol–water partition coefficient (Wildman–Crippen LogP) is 3.91. The van der Waals surface area contributed by atoms with Gasteiger partial charge in [0.05, 0.1) is 13.7 Å². The number of anilines is 1. The molecular weight excluding hydrogens is 400 g/mol. The van der Waals surface area contributed by atoms with Gasteiger partial charge in [0.25, 0.3) is 5.91 Å². The second kappa shape index (κ2) is 7.61. The van der Waals surface area contributed by atoms with Crippen LogP contribution in [0.1, 0.15) is 10.6 Å². The van der Waals surface area contributed by atoms with E-state index in [1.54, 1.807) is 50.6 Å². The first-order valence-electron chi connectivity index (χ1n) is 7.85. The van der Waals surface area contributed by atoms with E-state index in [0.717, 1.165) is 9.86 Å². The zero-order valence-corrected chi connectivity index (χ0v) is 15.9. The Morgan fingerprint density at radius 2 is 1.88 bits per heavy atom. The first-order chi connectivity index (χ1) is 12.5. The lowest BCUT2D eigenvalue weighted by atomic mass is 10.2. The number of nitrogens with zero attached hydrogens (tertiary/aromatic N) is 1. The van der Waals surface area contributed by atoms with Crippen LogP contribution in [0.2, 0.25) is 0 Å². The number of amides is 2. The molecule has 134 valence electrons. The van der Waals surface area contributed by atoms with Crippen LogP contribution in [0.3, 0.4) is 0 Å². The van der Waals surface area contributed by atoms with Crippen molar-refractivity contribution in [2.24, 2.45) is 0 Å². The third-order valence-electron chi connectivity index (χ3n) is 3.79. The molecule has 3 aromatic rings. The smallest absolute Gasteiger partial charge is 0.289 e. The van der Waals surface area contributed by atoms with Crippen molar-refractivity contribution in [1.82, 2.24) is 4.90 Å². The Balaban J connectivity index is 1.64. The molecule has 0 atom stereocenters. The minimum Gasteiger partial charge on any atom is -0.497 e. The highest BCUT2D eigenvalue weighted by Crippen LogP contribution is 2.24. The minimum atomic E-state index is -0.359. The molecule has 0 saturated heterocycles. The summed E-state index contributed by atoms with van der Waals surface area (Å²) in [7, 11) is 3.13. The second-order valence-corrected chi connectivity index (χ2v) is 6.65. The largest absolute Gasteiger partial charge is 0.497 e. The summed E-state index contributed by atoms with van der Waals surface area (Å²) in [5.41, 5.74) is 1.25. The van der Waals surface area contributed by atoms with Crippen LogP contribution in [-0.4, -0.2) is 37.4 Å². The van der Waals surface area contributed by atoms with E-state index in [4.69, 9.17) is 9.15 Å². The Labute approximate surface area is 158 Å². The van der Waals surface area contributed by atoms with Crippen molar-refractivity contribution in [3.63, 3.8) is 0 Å². The number of carbonyl (C=O) groups is 2. The van der Waals surface area contributed by atoms with Crippen molar-refractivity contribution in [2.45, 2.75) is 0 Å². The monoisotopic (exact) mass is 416 g/mol. The van der Waals surface area contributed by atoms with Crippen LogP contribution in [0.4, 0.5) is 5.69 Å². The maximum absolute atomic E-state index is 12.5. The Bertz CT molecular complexity index is 950. The highest BCUT2D eigenvalue weighted by Gasteiger charge is 2.19. The van der Waals surface area contributed by atoms with Crippen LogP contribution in [0.5, 0.6) is 5.75 Å². The van der Waals surface area contributed by atoms with Crippen LogP contribution in [-0.2, 0) is 4.79 Å². The van der Waals surface area contributed by atoms with Crippen molar-refractivity contribution >= 4 is 44.4 Å². The van der Waals surface area contributed by atoms with Crippen molar-refractivity contribution < 1.29 is 18.7 Å². The van der Waals surface area contributed by atoms with Crippen molar-refractivity contribution in [3.8, 4) is 5.75 Å². The van der Waals surface area contributed by atoms with Gasteiger partial charge in [0.1, 0.15) is 11.3 Å².